The third-order valence-electron chi connectivity index (χ3n) is 5.26. The first-order valence-electron chi connectivity index (χ1n) is 10.0. The molecule has 2 aromatic heterocycles. The Bertz CT molecular complexity index is 1720. The number of halogens is 3. The van der Waals surface area contributed by atoms with Gasteiger partial charge < -0.3 is 14.1 Å². The van der Waals surface area contributed by atoms with Gasteiger partial charge in [0, 0.05) is 19.8 Å². The van der Waals surface area contributed by atoms with Crippen molar-refractivity contribution in [3.63, 3.8) is 0 Å². The van der Waals surface area contributed by atoms with Crippen molar-refractivity contribution in [2.75, 3.05) is 0 Å². The molecule has 170 valence electrons. The van der Waals surface area contributed by atoms with Crippen LogP contribution in [-0.2, 0) is 6.54 Å². The number of hydrogen-bond donors (Lipinski definition) is 1. The molecule has 34 heavy (non-hydrogen) atoms. The average Bonchev–Trinajstić information content (AvgIpc) is 2.79. The van der Waals surface area contributed by atoms with Crippen LogP contribution in [0.15, 0.2) is 95.0 Å². The van der Waals surface area contributed by atoms with Crippen molar-refractivity contribution < 1.29 is 13.9 Å². The van der Waals surface area contributed by atoms with Crippen molar-refractivity contribution in [1.29, 1.82) is 0 Å². The largest absolute Gasteiger partial charge is 0.505 e. The van der Waals surface area contributed by atoms with E-state index in [-0.39, 0.29) is 22.4 Å². The van der Waals surface area contributed by atoms with E-state index in [1.54, 1.807) is 54.6 Å². The molecule has 0 bridgehead atoms. The molecule has 0 fully saturated rings. The van der Waals surface area contributed by atoms with E-state index in [4.69, 9.17) is 16.0 Å². The summed E-state index contributed by atoms with van der Waals surface area (Å²) in [7, 11) is 0. The topological polar surface area (TPSA) is 72.4 Å². The number of nitrogens with zero attached hydrogens (tertiary/aromatic N) is 1. The molecule has 0 spiro atoms. The highest BCUT2D eigenvalue weighted by atomic mass is 79.9. The molecule has 0 amide bonds. The van der Waals surface area contributed by atoms with E-state index < -0.39 is 22.8 Å². The molecule has 0 aliphatic rings. The van der Waals surface area contributed by atoms with Crippen molar-refractivity contribution in [2.24, 2.45) is 0 Å². The minimum atomic E-state index is -0.779. The van der Waals surface area contributed by atoms with Crippen LogP contribution < -0.4 is 11.2 Å². The molecule has 0 atom stereocenters. The number of aromatic nitrogens is 1. The van der Waals surface area contributed by atoms with Crippen molar-refractivity contribution in [3.8, 4) is 5.75 Å². The maximum Gasteiger partial charge on any atom is 0.354 e. The molecule has 0 unspecified atom stereocenters. The van der Waals surface area contributed by atoms with Crippen LogP contribution in [0.5, 0.6) is 5.75 Å². The molecule has 5 rings (SSSR count). The molecule has 5 aromatic rings. The van der Waals surface area contributed by atoms with Gasteiger partial charge in [-0.05, 0) is 54.1 Å². The maximum absolute atomic E-state index is 13.8. The van der Waals surface area contributed by atoms with Crippen molar-refractivity contribution in [2.45, 2.75) is 16.3 Å². The van der Waals surface area contributed by atoms with Crippen LogP contribution in [0.25, 0.3) is 21.9 Å². The van der Waals surface area contributed by atoms with E-state index in [0.717, 1.165) is 11.8 Å². The van der Waals surface area contributed by atoms with Crippen LogP contribution in [0.4, 0.5) is 4.39 Å². The molecule has 5 nitrogen and oxygen atoms in total. The van der Waals surface area contributed by atoms with Gasteiger partial charge in [-0.25, -0.2) is 9.18 Å². The maximum atomic E-state index is 13.8. The standard InChI is InChI=1S/C25H14BrClFNO4S/c26-14-7-8-19-18(10-14)22-20(24(31)29(19)12-13-3-1-5-16(28)9-13)21(30)23(25(32)33-22)34-17-6-2-4-15(27)11-17/h1-11,30H,12H2. The Morgan fingerprint density at radius 3 is 2.62 bits per heavy atom. The summed E-state index contributed by atoms with van der Waals surface area (Å²) in [6, 6.07) is 17.8. The monoisotopic (exact) mass is 557 g/mol. The van der Waals surface area contributed by atoms with Crippen molar-refractivity contribution in [3.05, 3.63) is 108 Å². The molecule has 2 heterocycles. The summed E-state index contributed by atoms with van der Waals surface area (Å²) in [4.78, 5) is 26.9. The minimum absolute atomic E-state index is 0.0188. The molecule has 3 aromatic carbocycles. The smallest absolute Gasteiger partial charge is 0.354 e. The molecule has 0 aliphatic heterocycles. The second-order valence-electron chi connectivity index (χ2n) is 7.51. The number of fused-ring (bicyclic) bond motifs is 3. The first-order chi connectivity index (χ1) is 16.3. The number of rotatable bonds is 4. The molecular weight excluding hydrogens is 545 g/mol. The van der Waals surface area contributed by atoms with E-state index in [1.165, 1.54) is 16.7 Å². The summed E-state index contributed by atoms with van der Waals surface area (Å²) in [5.74, 6) is -0.900. The van der Waals surface area contributed by atoms with E-state index in [0.29, 0.717) is 30.9 Å². The molecule has 1 N–H and O–H groups in total. The van der Waals surface area contributed by atoms with Gasteiger partial charge >= 0.3 is 5.63 Å². The zero-order valence-corrected chi connectivity index (χ0v) is 20.4. The van der Waals surface area contributed by atoms with Crippen LogP contribution in [0.3, 0.4) is 0 Å². The van der Waals surface area contributed by atoms with E-state index in [2.05, 4.69) is 15.9 Å². The lowest BCUT2D eigenvalue weighted by molar-refractivity contribution is 0.446. The van der Waals surface area contributed by atoms with Gasteiger partial charge in [0.15, 0.2) is 11.3 Å². The highest BCUT2D eigenvalue weighted by Crippen LogP contribution is 2.38. The lowest BCUT2D eigenvalue weighted by Gasteiger charge is -2.14. The highest BCUT2D eigenvalue weighted by Gasteiger charge is 2.22. The summed E-state index contributed by atoms with van der Waals surface area (Å²) < 4.78 is 21.5. The fraction of sp³-hybridized carbons (Fsp3) is 0.0400. The Morgan fingerprint density at radius 2 is 1.85 bits per heavy atom. The lowest BCUT2D eigenvalue weighted by Crippen LogP contribution is -2.23. The van der Waals surface area contributed by atoms with Gasteiger partial charge in [0.05, 0.1) is 12.1 Å². The zero-order valence-electron chi connectivity index (χ0n) is 17.2. The van der Waals surface area contributed by atoms with Crippen LogP contribution in [0, 0.1) is 5.82 Å². The van der Waals surface area contributed by atoms with E-state index in [1.807, 2.05) is 0 Å². The molecule has 0 aliphatic carbocycles. The number of aromatic hydroxyl groups is 1. The Balaban J connectivity index is 1.80. The molecule has 0 saturated heterocycles. The third kappa shape index (κ3) is 4.13. The number of hydrogen-bond acceptors (Lipinski definition) is 5. The fourth-order valence-corrected chi connectivity index (χ4v) is 5.29. The second kappa shape index (κ2) is 8.94. The van der Waals surface area contributed by atoms with Crippen molar-refractivity contribution in [1.82, 2.24) is 4.57 Å². The first-order valence-corrected chi connectivity index (χ1v) is 12.0. The summed E-state index contributed by atoms with van der Waals surface area (Å²) >= 11 is 10.4. The Morgan fingerprint density at radius 1 is 1.06 bits per heavy atom. The summed E-state index contributed by atoms with van der Waals surface area (Å²) in [5, 5.41) is 11.9. The summed E-state index contributed by atoms with van der Waals surface area (Å²) in [5.41, 5.74) is -0.324. The van der Waals surface area contributed by atoms with E-state index in [9.17, 15) is 19.1 Å². The van der Waals surface area contributed by atoms with Crippen LogP contribution in [-0.4, -0.2) is 9.67 Å². The molecular formula is C25H14BrClFNO4S. The number of benzene rings is 3. The first kappa shape index (κ1) is 22.7. The molecule has 0 saturated carbocycles. The predicted octanol–water partition coefficient (Wildman–Crippen LogP) is 6.57. The quantitative estimate of drug-likeness (QED) is 0.253. The molecule has 0 radical (unpaired) electrons. The van der Waals surface area contributed by atoms with Gasteiger partial charge in [-0.1, -0.05) is 57.5 Å². The van der Waals surface area contributed by atoms with Crippen LogP contribution in [0.2, 0.25) is 5.02 Å². The second-order valence-corrected chi connectivity index (χ2v) is 9.95. The van der Waals surface area contributed by atoms with Gasteiger partial charge in [0.2, 0.25) is 0 Å². The average molecular weight is 559 g/mol. The van der Waals surface area contributed by atoms with Gasteiger partial charge in [-0.15, -0.1) is 0 Å². The van der Waals surface area contributed by atoms with Gasteiger partial charge in [-0.2, -0.15) is 0 Å². The Hall–Kier alpha value is -3.07. The van der Waals surface area contributed by atoms with Gasteiger partial charge in [-0.3, -0.25) is 4.79 Å². The van der Waals surface area contributed by atoms with Crippen molar-refractivity contribution >= 4 is 61.2 Å². The third-order valence-corrected chi connectivity index (χ3v) is 7.04. The van der Waals surface area contributed by atoms with Crippen LogP contribution >= 0.6 is 39.3 Å². The van der Waals surface area contributed by atoms with E-state index >= 15 is 0 Å². The Labute approximate surface area is 209 Å². The lowest BCUT2D eigenvalue weighted by atomic mass is 10.1. The summed E-state index contributed by atoms with van der Waals surface area (Å²) in [6.07, 6.45) is 0. The minimum Gasteiger partial charge on any atom is -0.505 e. The Kier molecular flexibility index (Phi) is 5.97. The highest BCUT2D eigenvalue weighted by molar-refractivity contribution is 9.10. The summed E-state index contributed by atoms with van der Waals surface area (Å²) in [6.45, 7) is 0.0556. The normalized spacial score (nSPS) is 11.4. The predicted molar refractivity (Wildman–Crippen MR) is 135 cm³/mol. The SMILES string of the molecule is O=c1oc2c(c(O)c1Sc1cccc(Cl)c1)c(=O)n(Cc1cccc(F)c1)c1ccc(Br)cc21. The molecule has 9 heteroatoms. The van der Waals surface area contributed by atoms with Crippen LogP contribution in [0.1, 0.15) is 5.56 Å². The zero-order chi connectivity index (χ0) is 24.0. The van der Waals surface area contributed by atoms with Gasteiger partial charge in [0.25, 0.3) is 5.56 Å². The number of pyridine rings is 1. The van der Waals surface area contributed by atoms with Gasteiger partial charge in [0.1, 0.15) is 16.1 Å². The fourth-order valence-electron chi connectivity index (χ4n) is 3.78.